The molecular formula is C10H12O3S. The van der Waals surface area contributed by atoms with Crippen LogP contribution < -0.4 is 0 Å². The fraction of sp³-hybridized carbons (Fsp3) is 0.500. The summed E-state index contributed by atoms with van der Waals surface area (Å²) in [7, 11) is 0. The lowest BCUT2D eigenvalue weighted by Gasteiger charge is -2.21. The highest BCUT2D eigenvalue weighted by Gasteiger charge is 2.22. The molecule has 0 aromatic carbocycles. The Morgan fingerprint density at radius 1 is 1.57 bits per heavy atom. The highest BCUT2D eigenvalue weighted by atomic mass is 32.1. The van der Waals surface area contributed by atoms with Crippen LogP contribution in [-0.2, 0) is 20.7 Å². The van der Waals surface area contributed by atoms with Crippen molar-refractivity contribution in [2.75, 3.05) is 19.8 Å². The molecule has 1 unspecified atom stereocenters. The van der Waals surface area contributed by atoms with Gasteiger partial charge < -0.3 is 9.47 Å². The zero-order valence-corrected chi connectivity index (χ0v) is 8.59. The second kappa shape index (κ2) is 4.68. The second-order valence-electron chi connectivity index (χ2n) is 3.21. The van der Waals surface area contributed by atoms with Crippen molar-refractivity contribution < 1.29 is 14.3 Å². The van der Waals surface area contributed by atoms with Gasteiger partial charge in [0.1, 0.15) is 6.10 Å². The zero-order chi connectivity index (χ0) is 9.80. The largest absolute Gasteiger partial charge is 0.376 e. The standard InChI is InChI=1S/C10H12O3S/c11-9(5-8-1-4-14-7-8)10-6-12-2-3-13-10/h1,4,7,10H,2-3,5-6H2. The number of ether oxygens (including phenoxy) is 2. The van der Waals surface area contributed by atoms with Gasteiger partial charge in [-0.15, -0.1) is 0 Å². The van der Waals surface area contributed by atoms with Crippen LogP contribution in [0.4, 0.5) is 0 Å². The van der Waals surface area contributed by atoms with Gasteiger partial charge in [0.2, 0.25) is 0 Å². The third-order valence-corrected chi connectivity index (χ3v) is 2.87. The Bertz CT molecular complexity index is 288. The number of hydrogen-bond donors (Lipinski definition) is 0. The Balaban J connectivity index is 1.88. The predicted octanol–water partition coefficient (Wildman–Crippen LogP) is 1.28. The van der Waals surface area contributed by atoms with Crippen LogP contribution in [0.15, 0.2) is 16.8 Å². The molecule has 14 heavy (non-hydrogen) atoms. The fourth-order valence-electron chi connectivity index (χ4n) is 1.38. The lowest BCUT2D eigenvalue weighted by molar-refractivity contribution is -0.144. The zero-order valence-electron chi connectivity index (χ0n) is 7.77. The van der Waals surface area contributed by atoms with Crippen LogP contribution >= 0.6 is 11.3 Å². The number of ketones is 1. The third kappa shape index (κ3) is 2.41. The Kier molecular flexibility index (Phi) is 3.29. The van der Waals surface area contributed by atoms with Crippen LogP contribution in [-0.4, -0.2) is 31.7 Å². The van der Waals surface area contributed by atoms with Crippen molar-refractivity contribution in [2.45, 2.75) is 12.5 Å². The summed E-state index contributed by atoms with van der Waals surface area (Å²) >= 11 is 1.60. The highest BCUT2D eigenvalue weighted by molar-refractivity contribution is 7.07. The Hall–Kier alpha value is -0.710. The van der Waals surface area contributed by atoms with E-state index in [1.165, 1.54) is 0 Å². The van der Waals surface area contributed by atoms with Crippen molar-refractivity contribution in [3.8, 4) is 0 Å². The van der Waals surface area contributed by atoms with E-state index < -0.39 is 0 Å². The molecule has 0 N–H and O–H groups in total. The summed E-state index contributed by atoms with van der Waals surface area (Å²) in [6.07, 6.45) is 0.0981. The molecule has 0 aliphatic carbocycles. The SMILES string of the molecule is O=C(Cc1ccsc1)C1COCCO1. The Labute approximate surface area is 86.6 Å². The summed E-state index contributed by atoms with van der Waals surface area (Å²) in [6.45, 7) is 1.53. The topological polar surface area (TPSA) is 35.5 Å². The molecule has 0 bridgehead atoms. The molecule has 1 aliphatic heterocycles. The van der Waals surface area contributed by atoms with Crippen molar-refractivity contribution in [1.29, 1.82) is 0 Å². The van der Waals surface area contributed by atoms with Gasteiger partial charge in [-0.1, -0.05) is 0 Å². The summed E-state index contributed by atoms with van der Waals surface area (Å²) < 4.78 is 10.5. The van der Waals surface area contributed by atoms with E-state index in [4.69, 9.17) is 9.47 Å². The summed E-state index contributed by atoms with van der Waals surface area (Å²) in [5.74, 6) is 0.114. The number of hydrogen-bond acceptors (Lipinski definition) is 4. The van der Waals surface area contributed by atoms with E-state index in [9.17, 15) is 4.79 Å². The maximum absolute atomic E-state index is 11.7. The summed E-state index contributed by atoms with van der Waals surface area (Å²) in [5.41, 5.74) is 1.06. The van der Waals surface area contributed by atoms with Gasteiger partial charge in [-0.3, -0.25) is 4.79 Å². The number of rotatable bonds is 3. The maximum atomic E-state index is 11.7. The molecule has 2 rings (SSSR count). The Morgan fingerprint density at radius 3 is 3.14 bits per heavy atom. The average Bonchev–Trinajstić information content (AvgIpc) is 2.72. The van der Waals surface area contributed by atoms with Crippen molar-refractivity contribution in [3.63, 3.8) is 0 Å². The van der Waals surface area contributed by atoms with Gasteiger partial charge in [-0.25, -0.2) is 0 Å². The molecule has 1 atom stereocenters. The Morgan fingerprint density at radius 2 is 2.50 bits per heavy atom. The molecule has 0 saturated carbocycles. The van der Waals surface area contributed by atoms with Crippen LogP contribution in [0.1, 0.15) is 5.56 Å². The van der Waals surface area contributed by atoms with E-state index in [1.54, 1.807) is 11.3 Å². The summed E-state index contributed by atoms with van der Waals surface area (Å²) in [6, 6.07) is 1.96. The van der Waals surface area contributed by atoms with Gasteiger partial charge in [0.25, 0.3) is 0 Å². The first kappa shape index (κ1) is 9.83. The monoisotopic (exact) mass is 212 g/mol. The lowest BCUT2D eigenvalue weighted by Crippen LogP contribution is -2.36. The van der Waals surface area contributed by atoms with Crippen LogP contribution in [0, 0.1) is 0 Å². The number of thiophene rings is 1. The number of Topliss-reactive ketones (excluding diaryl/α,β-unsaturated/α-hetero) is 1. The molecule has 0 amide bonds. The first-order valence-electron chi connectivity index (χ1n) is 4.59. The molecule has 76 valence electrons. The quantitative estimate of drug-likeness (QED) is 0.757. The second-order valence-corrected chi connectivity index (χ2v) is 3.99. The summed E-state index contributed by atoms with van der Waals surface area (Å²) in [4.78, 5) is 11.7. The van der Waals surface area contributed by atoms with Gasteiger partial charge in [-0.05, 0) is 22.4 Å². The molecule has 1 saturated heterocycles. The van der Waals surface area contributed by atoms with Crippen LogP contribution in [0.3, 0.4) is 0 Å². The number of carbonyl (C=O) groups is 1. The molecule has 1 aromatic rings. The molecule has 0 radical (unpaired) electrons. The van der Waals surface area contributed by atoms with Crippen molar-refractivity contribution in [3.05, 3.63) is 22.4 Å². The molecule has 0 spiro atoms. The van der Waals surface area contributed by atoms with E-state index in [0.717, 1.165) is 5.56 Å². The third-order valence-electron chi connectivity index (χ3n) is 2.13. The van der Waals surface area contributed by atoms with Crippen LogP contribution in [0.2, 0.25) is 0 Å². The summed E-state index contributed by atoms with van der Waals surface area (Å²) in [5, 5.41) is 3.96. The number of carbonyl (C=O) groups excluding carboxylic acids is 1. The fourth-order valence-corrected chi connectivity index (χ4v) is 2.05. The van der Waals surface area contributed by atoms with Crippen molar-refractivity contribution in [1.82, 2.24) is 0 Å². The van der Waals surface area contributed by atoms with E-state index in [1.807, 2.05) is 16.8 Å². The minimum atomic E-state index is -0.358. The minimum absolute atomic E-state index is 0.114. The van der Waals surface area contributed by atoms with Crippen LogP contribution in [0.5, 0.6) is 0 Å². The first-order chi connectivity index (χ1) is 6.86. The van der Waals surface area contributed by atoms with Crippen LogP contribution in [0.25, 0.3) is 0 Å². The van der Waals surface area contributed by atoms with E-state index in [-0.39, 0.29) is 11.9 Å². The van der Waals surface area contributed by atoms with E-state index in [2.05, 4.69) is 0 Å². The van der Waals surface area contributed by atoms with Gasteiger partial charge >= 0.3 is 0 Å². The molecule has 4 heteroatoms. The van der Waals surface area contributed by atoms with Gasteiger partial charge in [0.05, 0.1) is 19.8 Å². The van der Waals surface area contributed by atoms with Crippen molar-refractivity contribution in [2.24, 2.45) is 0 Å². The highest BCUT2D eigenvalue weighted by Crippen LogP contribution is 2.10. The molecule has 2 heterocycles. The molecule has 3 nitrogen and oxygen atoms in total. The molecule has 1 aliphatic rings. The predicted molar refractivity (Wildman–Crippen MR) is 53.6 cm³/mol. The maximum Gasteiger partial charge on any atom is 0.168 e. The average molecular weight is 212 g/mol. The lowest BCUT2D eigenvalue weighted by atomic mass is 10.1. The smallest absolute Gasteiger partial charge is 0.168 e. The van der Waals surface area contributed by atoms with E-state index >= 15 is 0 Å². The molecule has 1 aromatic heterocycles. The molecule has 1 fully saturated rings. The minimum Gasteiger partial charge on any atom is -0.376 e. The molecular weight excluding hydrogens is 200 g/mol. The van der Waals surface area contributed by atoms with E-state index in [0.29, 0.717) is 26.2 Å². The van der Waals surface area contributed by atoms with Gasteiger partial charge in [0, 0.05) is 6.42 Å². The van der Waals surface area contributed by atoms with Gasteiger partial charge in [-0.2, -0.15) is 11.3 Å². The first-order valence-corrected chi connectivity index (χ1v) is 5.53. The van der Waals surface area contributed by atoms with Gasteiger partial charge in [0.15, 0.2) is 5.78 Å². The van der Waals surface area contributed by atoms with Crippen molar-refractivity contribution >= 4 is 17.1 Å². The normalized spacial score (nSPS) is 22.1.